The predicted octanol–water partition coefficient (Wildman–Crippen LogP) is 3.20. The number of hydrogen-bond donors (Lipinski definition) is 1. The molecule has 2 amide bonds. The lowest BCUT2D eigenvalue weighted by molar-refractivity contribution is -0.127. The van der Waals surface area contributed by atoms with Crippen LogP contribution in [0.25, 0.3) is 0 Å². The Morgan fingerprint density at radius 1 is 1.26 bits per heavy atom. The van der Waals surface area contributed by atoms with E-state index in [4.69, 9.17) is 0 Å². The van der Waals surface area contributed by atoms with Gasteiger partial charge in [-0.05, 0) is 49.3 Å². The van der Waals surface area contributed by atoms with Crippen LogP contribution in [0, 0.1) is 11.0 Å². The van der Waals surface area contributed by atoms with E-state index in [1.165, 1.54) is 6.92 Å². The van der Waals surface area contributed by atoms with Gasteiger partial charge in [-0.15, -0.1) is 0 Å². The summed E-state index contributed by atoms with van der Waals surface area (Å²) in [5.74, 6) is -0.742. The van der Waals surface area contributed by atoms with E-state index in [0.717, 1.165) is 24.0 Å². The van der Waals surface area contributed by atoms with Gasteiger partial charge in [0.2, 0.25) is 11.8 Å². The minimum absolute atomic E-state index is 0.0106. The Bertz CT molecular complexity index is 1080. The highest BCUT2D eigenvalue weighted by atomic mass is 32.2. The van der Waals surface area contributed by atoms with Gasteiger partial charge in [-0.2, -0.15) is 4.39 Å². The summed E-state index contributed by atoms with van der Waals surface area (Å²) in [5.41, 5.74) is 0.686. The van der Waals surface area contributed by atoms with Crippen LogP contribution in [-0.2, 0) is 19.4 Å². The molecule has 2 aliphatic rings. The van der Waals surface area contributed by atoms with Crippen LogP contribution in [0.15, 0.2) is 35.4 Å². The van der Waals surface area contributed by atoms with Crippen molar-refractivity contribution < 1.29 is 22.4 Å². The van der Waals surface area contributed by atoms with E-state index in [9.17, 15) is 22.4 Å². The number of thiazole rings is 1. The van der Waals surface area contributed by atoms with Crippen molar-refractivity contribution in [3.8, 4) is 0 Å². The first kappa shape index (κ1) is 21.9. The number of anilines is 1. The molecule has 1 saturated carbocycles. The number of nitrogens with zero attached hydrogens (tertiary/aromatic N) is 2. The molecule has 1 aromatic carbocycles. The summed E-state index contributed by atoms with van der Waals surface area (Å²) in [7, 11) is -3.31. The third-order valence-electron chi connectivity index (χ3n) is 5.90. The van der Waals surface area contributed by atoms with E-state index in [0.29, 0.717) is 37.9 Å². The standard InChI is InChI=1S/C21H24FN3O4S2/c1-13(26)25-9-8-14(12-25)10-18(20(27)24-21-23-11-19(22)30-21)15-2-4-16(5-3-15)31(28,29)17-6-7-17/h2-5,11,14,17-18H,6-10,12H2,1H3,(H,23,24,27). The lowest BCUT2D eigenvalue weighted by atomic mass is 9.87. The van der Waals surface area contributed by atoms with Crippen LogP contribution in [0.5, 0.6) is 0 Å². The Hall–Kier alpha value is -2.33. The highest BCUT2D eigenvalue weighted by molar-refractivity contribution is 7.92. The molecular weight excluding hydrogens is 441 g/mol. The third-order valence-corrected chi connectivity index (χ3v) is 8.88. The molecule has 31 heavy (non-hydrogen) atoms. The van der Waals surface area contributed by atoms with E-state index in [1.54, 1.807) is 29.2 Å². The number of aromatic nitrogens is 1. The van der Waals surface area contributed by atoms with E-state index in [-0.39, 0.29) is 33.0 Å². The van der Waals surface area contributed by atoms with Crippen LogP contribution in [0.4, 0.5) is 9.52 Å². The zero-order valence-corrected chi connectivity index (χ0v) is 18.7. The molecule has 2 fully saturated rings. The molecule has 0 spiro atoms. The number of sulfone groups is 1. The van der Waals surface area contributed by atoms with Crippen LogP contribution in [-0.4, -0.2) is 48.5 Å². The molecule has 7 nitrogen and oxygen atoms in total. The van der Waals surface area contributed by atoms with Crippen molar-refractivity contribution in [3.63, 3.8) is 0 Å². The van der Waals surface area contributed by atoms with Crippen LogP contribution >= 0.6 is 11.3 Å². The van der Waals surface area contributed by atoms with Gasteiger partial charge in [0.1, 0.15) is 0 Å². The molecule has 0 radical (unpaired) electrons. The summed E-state index contributed by atoms with van der Waals surface area (Å²) in [4.78, 5) is 30.6. The van der Waals surface area contributed by atoms with Gasteiger partial charge in [0.15, 0.2) is 20.1 Å². The Balaban J connectivity index is 1.55. The first-order valence-electron chi connectivity index (χ1n) is 10.3. The van der Waals surface area contributed by atoms with Crippen molar-refractivity contribution in [2.45, 2.75) is 48.7 Å². The van der Waals surface area contributed by atoms with Crippen molar-refractivity contribution in [2.24, 2.45) is 5.92 Å². The molecule has 2 atom stereocenters. The summed E-state index contributed by atoms with van der Waals surface area (Å²) in [5, 5.41) is 2.06. The molecule has 0 bridgehead atoms. The fourth-order valence-electron chi connectivity index (χ4n) is 4.00. The fraction of sp³-hybridized carbons (Fsp3) is 0.476. The van der Waals surface area contributed by atoms with Crippen molar-refractivity contribution in [1.29, 1.82) is 0 Å². The van der Waals surface area contributed by atoms with Gasteiger partial charge in [0.25, 0.3) is 0 Å². The SMILES string of the molecule is CC(=O)N1CCC(CC(C(=O)Nc2ncc(F)s2)c2ccc(S(=O)(=O)C3CC3)cc2)C1. The number of rotatable bonds is 7. The molecule has 10 heteroatoms. The van der Waals surface area contributed by atoms with Gasteiger partial charge in [0.05, 0.1) is 22.3 Å². The number of likely N-dealkylation sites (tertiary alicyclic amines) is 1. The third kappa shape index (κ3) is 4.95. The molecule has 1 aromatic heterocycles. The topological polar surface area (TPSA) is 96.4 Å². The number of nitrogens with one attached hydrogen (secondary N) is 1. The zero-order valence-electron chi connectivity index (χ0n) is 17.1. The molecule has 1 saturated heterocycles. The maximum absolute atomic E-state index is 13.3. The molecule has 2 heterocycles. The largest absolute Gasteiger partial charge is 0.343 e. The Morgan fingerprint density at radius 3 is 2.52 bits per heavy atom. The normalized spacial score (nSPS) is 19.9. The first-order chi connectivity index (χ1) is 14.7. The monoisotopic (exact) mass is 465 g/mol. The van der Waals surface area contributed by atoms with Crippen molar-refractivity contribution in [3.05, 3.63) is 41.2 Å². The second-order valence-electron chi connectivity index (χ2n) is 8.18. The Labute approximate surface area is 184 Å². The summed E-state index contributed by atoms with van der Waals surface area (Å²) >= 11 is 0.750. The first-order valence-corrected chi connectivity index (χ1v) is 12.6. The van der Waals surface area contributed by atoms with E-state index >= 15 is 0 Å². The molecule has 2 unspecified atom stereocenters. The smallest absolute Gasteiger partial charge is 0.233 e. The minimum Gasteiger partial charge on any atom is -0.343 e. The second kappa shape index (κ2) is 8.66. The van der Waals surface area contributed by atoms with Crippen LogP contribution in [0.1, 0.15) is 44.1 Å². The van der Waals surface area contributed by atoms with Gasteiger partial charge in [-0.25, -0.2) is 13.4 Å². The average Bonchev–Trinajstić information content (AvgIpc) is 3.37. The van der Waals surface area contributed by atoms with E-state index < -0.39 is 20.9 Å². The number of benzene rings is 1. The number of halogens is 1. The summed E-state index contributed by atoms with van der Waals surface area (Å²) in [6, 6.07) is 6.48. The van der Waals surface area contributed by atoms with Crippen LogP contribution in [0.3, 0.4) is 0 Å². The van der Waals surface area contributed by atoms with E-state index in [2.05, 4.69) is 10.3 Å². The highest BCUT2D eigenvalue weighted by Crippen LogP contribution is 2.35. The average molecular weight is 466 g/mol. The molecule has 4 rings (SSSR count). The van der Waals surface area contributed by atoms with Gasteiger partial charge in [-0.3, -0.25) is 9.59 Å². The molecular formula is C21H24FN3O4S2. The molecule has 1 aliphatic carbocycles. The lowest BCUT2D eigenvalue weighted by Crippen LogP contribution is -2.27. The minimum atomic E-state index is -3.31. The van der Waals surface area contributed by atoms with Gasteiger partial charge in [-0.1, -0.05) is 23.5 Å². The van der Waals surface area contributed by atoms with Crippen molar-refractivity contribution in [1.82, 2.24) is 9.88 Å². The maximum atomic E-state index is 13.3. The zero-order chi connectivity index (χ0) is 22.2. The van der Waals surface area contributed by atoms with Crippen LogP contribution in [0.2, 0.25) is 0 Å². The summed E-state index contributed by atoms with van der Waals surface area (Å²) in [6.07, 6.45) is 3.72. The summed E-state index contributed by atoms with van der Waals surface area (Å²) < 4.78 is 38.2. The van der Waals surface area contributed by atoms with Crippen molar-refractivity contribution in [2.75, 3.05) is 18.4 Å². The van der Waals surface area contributed by atoms with Gasteiger partial charge < -0.3 is 10.2 Å². The summed E-state index contributed by atoms with van der Waals surface area (Å²) in [6.45, 7) is 2.77. The number of amides is 2. The highest BCUT2D eigenvalue weighted by Gasteiger charge is 2.37. The van der Waals surface area contributed by atoms with Gasteiger partial charge in [0, 0.05) is 20.0 Å². The van der Waals surface area contributed by atoms with Crippen molar-refractivity contribution >= 4 is 38.1 Å². The molecule has 166 valence electrons. The quantitative estimate of drug-likeness (QED) is 0.677. The van der Waals surface area contributed by atoms with Crippen LogP contribution < -0.4 is 5.32 Å². The Kier molecular flexibility index (Phi) is 6.11. The molecule has 1 aliphatic heterocycles. The number of carbonyl (C=O) groups excluding carboxylic acids is 2. The Morgan fingerprint density at radius 2 is 1.97 bits per heavy atom. The second-order valence-corrected chi connectivity index (χ2v) is 11.4. The van der Waals surface area contributed by atoms with Gasteiger partial charge >= 0.3 is 0 Å². The fourth-order valence-corrected chi connectivity index (χ4v) is 6.21. The van der Waals surface area contributed by atoms with E-state index in [1.807, 2.05) is 0 Å². The number of hydrogen-bond acceptors (Lipinski definition) is 6. The molecule has 1 N–H and O–H groups in total. The number of carbonyl (C=O) groups is 2. The molecule has 2 aromatic rings. The maximum Gasteiger partial charge on any atom is 0.233 e. The predicted molar refractivity (Wildman–Crippen MR) is 115 cm³/mol. The lowest BCUT2D eigenvalue weighted by Gasteiger charge is -2.21.